The van der Waals surface area contributed by atoms with Crippen LogP contribution < -0.4 is 16.0 Å². The number of pyridine rings is 1. The number of carbonyl (C=O) groups is 1. The second-order valence-electron chi connectivity index (χ2n) is 11.0. The van der Waals surface area contributed by atoms with E-state index in [4.69, 9.17) is 4.74 Å². The third kappa shape index (κ3) is 6.12. The number of benzene rings is 2. The zero-order valence-electron chi connectivity index (χ0n) is 24.0. The van der Waals surface area contributed by atoms with Crippen LogP contribution in [-0.2, 0) is 20.0 Å². The number of aryl methyl sites for hydroxylation is 1. The van der Waals surface area contributed by atoms with Crippen LogP contribution in [-0.4, -0.2) is 29.7 Å². The molecule has 0 unspecified atom stereocenters. The summed E-state index contributed by atoms with van der Waals surface area (Å²) in [5, 5.41) is 4.13. The summed E-state index contributed by atoms with van der Waals surface area (Å²) in [5.41, 5.74) is 0.266. The summed E-state index contributed by atoms with van der Waals surface area (Å²) in [7, 11) is 1.79. The molecule has 0 spiro atoms. The summed E-state index contributed by atoms with van der Waals surface area (Å²) in [4.78, 5) is 44.7. The summed E-state index contributed by atoms with van der Waals surface area (Å²) in [6, 6.07) is 12.4. The normalized spacial score (nSPS) is 13.3. The number of carbonyl (C=O) groups excluding carboxylic acids is 1. The Balaban J connectivity index is 1.26. The van der Waals surface area contributed by atoms with Crippen molar-refractivity contribution in [3.05, 3.63) is 123 Å². The van der Waals surface area contributed by atoms with Gasteiger partial charge in [0.1, 0.15) is 17.1 Å². The van der Waals surface area contributed by atoms with E-state index < -0.39 is 28.7 Å². The largest absolute Gasteiger partial charge is 0.454 e. The van der Waals surface area contributed by atoms with Crippen molar-refractivity contribution in [2.75, 3.05) is 0 Å². The fraction of sp³-hybridized carbons (Fsp3) is 0.242. The van der Waals surface area contributed by atoms with Gasteiger partial charge < -0.3 is 4.74 Å². The van der Waals surface area contributed by atoms with Gasteiger partial charge >= 0.3 is 5.69 Å². The molecule has 6 rings (SSSR count). The minimum atomic E-state index is -0.809. The van der Waals surface area contributed by atoms with Crippen molar-refractivity contribution in [1.82, 2.24) is 23.9 Å². The standard InChI is InChI=1S/C33H29F2N5O4/c1-38-19-23(17-37-38)29-16-26(12-13-36-29)44-31-11-6-22(14-28(31)35)15-30(41)27-20-39(18-21-4-2-3-5-21)33(43)40(32(27)42)25-9-7-24(34)8-10-25/h6-14,16-17,19-21H,2-5,15,18H2,1H3. The molecule has 3 aromatic heterocycles. The number of ketones is 1. The zero-order valence-corrected chi connectivity index (χ0v) is 24.0. The highest BCUT2D eigenvalue weighted by molar-refractivity contribution is 5.97. The Morgan fingerprint density at radius 1 is 1.00 bits per heavy atom. The van der Waals surface area contributed by atoms with Crippen molar-refractivity contribution in [1.29, 1.82) is 0 Å². The first-order valence-corrected chi connectivity index (χ1v) is 14.3. The van der Waals surface area contributed by atoms with Gasteiger partial charge in [-0.15, -0.1) is 0 Å². The van der Waals surface area contributed by atoms with Crippen LogP contribution in [0.2, 0.25) is 0 Å². The van der Waals surface area contributed by atoms with Crippen LogP contribution in [0, 0.1) is 17.6 Å². The average molecular weight is 598 g/mol. The van der Waals surface area contributed by atoms with Gasteiger partial charge in [-0.25, -0.2) is 18.1 Å². The number of ether oxygens (including phenoxy) is 1. The molecule has 3 heterocycles. The van der Waals surface area contributed by atoms with Gasteiger partial charge in [-0.1, -0.05) is 18.9 Å². The molecule has 1 saturated carbocycles. The molecule has 44 heavy (non-hydrogen) atoms. The van der Waals surface area contributed by atoms with Gasteiger partial charge in [-0.2, -0.15) is 5.10 Å². The molecule has 1 fully saturated rings. The third-order valence-electron chi connectivity index (χ3n) is 7.79. The van der Waals surface area contributed by atoms with E-state index >= 15 is 4.39 Å². The SMILES string of the molecule is Cn1cc(-c2cc(Oc3ccc(CC(=O)c4cn(CC5CCCC5)c(=O)n(-c5ccc(F)cc5)c4=O)cc3F)ccn2)cn1. The Morgan fingerprint density at radius 2 is 1.77 bits per heavy atom. The highest BCUT2D eigenvalue weighted by Gasteiger charge is 2.22. The lowest BCUT2D eigenvalue weighted by Gasteiger charge is -2.16. The molecule has 2 aromatic carbocycles. The summed E-state index contributed by atoms with van der Waals surface area (Å²) in [6.07, 6.45) is 10.0. The monoisotopic (exact) mass is 597 g/mol. The van der Waals surface area contributed by atoms with E-state index in [-0.39, 0.29) is 29.3 Å². The second kappa shape index (κ2) is 12.2. The molecule has 9 nitrogen and oxygen atoms in total. The molecule has 5 aromatic rings. The van der Waals surface area contributed by atoms with Gasteiger partial charge in [-0.3, -0.25) is 23.8 Å². The van der Waals surface area contributed by atoms with Gasteiger partial charge in [0.25, 0.3) is 5.56 Å². The predicted molar refractivity (Wildman–Crippen MR) is 159 cm³/mol. The summed E-state index contributed by atoms with van der Waals surface area (Å²) >= 11 is 0. The first kappa shape index (κ1) is 28.9. The fourth-order valence-electron chi connectivity index (χ4n) is 5.54. The molecule has 0 N–H and O–H groups in total. The van der Waals surface area contributed by atoms with Gasteiger partial charge in [0.2, 0.25) is 0 Å². The number of halogens is 2. The lowest BCUT2D eigenvalue weighted by Crippen LogP contribution is -2.42. The van der Waals surface area contributed by atoms with Crippen molar-refractivity contribution in [2.45, 2.75) is 38.6 Å². The van der Waals surface area contributed by atoms with Crippen LogP contribution in [0.3, 0.4) is 0 Å². The van der Waals surface area contributed by atoms with Crippen LogP contribution in [0.1, 0.15) is 41.6 Å². The van der Waals surface area contributed by atoms with E-state index in [1.54, 1.807) is 48.5 Å². The number of Topliss-reactive ketones (excluding diaryl/α,β-unsaturated/α-hetero) is 1. The molecule has 0 aliphatic heterocycles. The molecule has 1 aliphatic rings. The Labute approximate surface area is 251 Å². The lowest BCUT2D eigenvalue weighted by molar-refractivity contribution is 0.0990. The van der Waals surface area contributed by atoms with E-state index in [0.717, 1.165) is 47.9 Å². The fourth-order valence-corrected chi connectivity index (χ4v) is 5.54. The van der Waals surface area contributed by atoms with Crippen LogP contribution >= 0.6 is 0 Å². The molecular formula is C33H29F2N5O4. The maximum Gasteiger partial charge on any atom is 0.335 e. The number of hydrogen-bond donors (Lipinski definition) is 0. The van der Waals surface area contributed by atoms with Crippen LogP contribution in [0.5, 0.6) is 11.5 Å². The molecule has 11 heteroatoms. The Morgan fingerprint density at radius 3 is 2.48 bits per heavy atom. The van der Waals surface area contributed by atoms with E-state index in [0.29, 0.717) is 23.6 Å². The quantitative estimate of drug-likeness (QED) is 0.209. The van der Waals surface area contributed by atoms with Crippen LogP contribution in [0.25, 0.3) is 16.9 Å². The van der Waals surface area contributed by atoms with Crippen LogP contribution in [0.4, 0.5) is 8.78 Å². The highest BCUT2D eigenvalue weighted by Crippen LogP contribution is 2.28. The summed E-state index contributed by atoms with van der Waals surface area (Å²) in [6.45, 7) is 0.360. The molecule has 0 atom stereocenters. The van der Waals surface area contributed by atoms with Crippen molar-refractivity contribution >= 4 is 5.78 Å². The van der Waals surface area contributed by atoms with E-state index in [9.17, 15) is 18.8 Å². The Kier molecular flexibility index (Phi) is 8.01. The average Bonchev–Trinajstić information content (AvgIpc) is 3.69. The van der Waals surface area contributed by atoms with E-state index in [2.05, 4.69) is 10.1 Å². The van der Waals surface area contributed by atoms with Crippen molar-refractivity contribution < 1.29 is 18.3 Å². The van der Waals surface area contributed by atoms with E-state index in [1.807, 2.05) is 0 Å². The minimum absolute atomic E-state index is 0.0479. The predicted octanol–water partition coefficient (Wildman–Crippen LogP) is 5.48. The van der Waals surface area contributed by atoms with E-state index in [1.165, 1.54) is 35.0 Å². The Bertz CT molecular complexity index is 1960. The van der Waals surface area contributed by atoms with Gasteiger partial charge in [0.05, 0.1) is 17.6 Å². The number of hydrogen-bond acceptors (Lipinski definition) is 6. The topological polar surface area (TPSA) is 101 Å². The van der Waals surface area contributed by atoms with Gasteiger partial charge in [0.15, 0.2) is 17.3 Å². The van der Waals surface area contributed by atoms with Gasteiger partial charge in [-0.05, 0) is 66.8 Å². The molecule has 224 valence electrons. The first-order chi connectivity index (χ1) is 21.2. The van der Waals surface area contributed by atoms with Crippen LogP contribution in [0.15, 0.2) is 89.0 Å². The summed E-state index contributed by atoms with van der Waals surface area (Å²) < 4.78 is 38.4. The smallest absolute Gasteiger partial charge is 0.335 e. The maximum absolute atomic E-state index is 15.1. The first-order valence-electron chi connectivity index (χ1n) is 14.3. The lowest BCUT2D eigenvalue weighted by atomic mass is 10.0. The molecule has 0 amide bonds. The minimum Gasteiger partial charge on any atom is -0.454 e. The molecule has 0 bridgehead atoms. The van der Waals surface area contributed by atoms with Crippen molar-refractivity contribution in [3.8, 4) is 28.4 Å². The van der Waals surface area contributed by atoms with Gasteiger partial charge in [0, 0.05) is 50.2 Å². The Hall–Kier alpha value is -5.19. The second-order valence-corrected chi connectivity index (χ2v) is 11.0. The zero-order chi connectivity index (χ0) is 30.8. The number of rotatable bonds is 9. The summed E-state index contributed by atoms with van der Waals surface area (Å²) in [5.74, 6) is -1.22. The van der Waals surface area contributed by atoms with Crippen molar-refractivity contribution in [3.63, 3.8) is 0 Å². The number of nitrogens with zero attached hydrogens (tertiary/aromatic N) is 5. The maximum atomic E-state index is 15.1. The number of aromatic nitrogens is 5. The molecule has 0 saturated heterocycles. The highest BCUT2D eigenvalue weighted by atomic mass is 19.1. The molecule has 1 aliphatic carbocycles. The molecular weight excluding hydrogens is 568 g/mol. The van der Waals surface area contributed by atoms with Crippen molar-refractivity contribution in [2.24, 2.45) is 13.0 Å². The third-order valence-corrected chi connectivity index (χ3v) is 7.79. The molecule has 0 radical (unpaired) electrons.